The molecule has 3 aromatic rings. The molecule has 0 aromatic heterocycles. The Labute approximate surface area is 247 Å². The van der Waals surface area contributed by atoms with E-state index >= 15 is 0 Å². The van der Waals surface area contributed by atoms with Gasteiger partial charge in [0, 0.05) is 28.7 Å². The lowest BCUT2D eigenvalue weighted by molar-refractivity contribution is -0.139. The molecule has 0 spiro atoms. The Kier molecular flexibility index (Phi) is 10.6. The Morgan fingerprint density at radius 2 is 1.48 bits per heavy atom. The highest BCUT2D eigenvalue weighted by molar-refractivity contribution is 7.92. The van der Waals surface area contributed by atoms with Crippen LogP contribution in [0, 0.1) is 20.8 Å². The van der Waals surface area contributed by atoms with Gasteiger partial charge >= 0.3 is 0 Å². The second-order valence-corrected chi connectivity index (χ2v) is 12.5. The highest BCUT2D eigenvalue weighted by Crippen LogP contribution is 2.29. The predicted molar refractivity (Wildman–Crippen MR) is 161 cm³/mol. The summed E-state index contributed by atoms with van der Waals surface area (Å²) < 4.78 is 29.0. The molecule has 0 saturated heterocycles. The summed E-state index contributed by atoms with van der Waals surface area (Å²) in [5.74, 6) is -0.942. The molecule has 0 aliphatic carbocycles. The van der Waals surface area contributed by atoms with E-state index in [1.165, 1.54) is 17.0 Å². The minimum Gasteiger partial charge on any atom is -0.354 e. The number of hydrogen-bond acceptors (Lipinski definition) is 4. The first-order valence-electron chi connectivity index (χ1n) is 13.0. The maximum Gasteiger partial charge on any atom is 0.264 e. The molecule has 0 aliphatic rings. The summed E-state index contributed by atoms with van der Waals surface area (Å²) in [5, 5.41) is 3.49. The molecule has 0 fully saturated rings. The van der Waals surface area contributed by atoms with Gasteiger partial charge in [-0.25, -0.2) is 8.42 Å². The van der Waals surface area contributed by atoms with Crippen LogP contribution in [0.3, 0.4) is 0 Å². The van der Waals surface area contributed by atoms with E-state index in [9.17, 15) is 18.0 Å². The Balaban J connectivity index is 2.09. The molecule has 0 heterocycles. The summed E-state index contributed by atoms with van der Waals surface area (Å²) in [5.41, 5.74) is 3.42. The number of sulfonamides is 1. The van der Waals surface area contributed by atoms with Crippen LogP contribution >= 0.6 is 23.2 Å². The van der Waals surface area contributed by atoms with Gasteiger partial charge in [-0.2, -0.15) is 0 Å². The van der Waals surface area contributed by atoms with E-state index in [1.807, 2.05) is 33.8 Å². The minimum atomic E-state index is -4.15. The quantitative estimate of drug-likeness (QED) is 0.289. The van der Waals surface area contributed by atoms with Crippen molar-refractivity contribution in [2.45, 2.75) is 58.5 Å². The topological polar surface area (TPSA) is 86.8 Å². The Hall–Kier alpha value is -3.07. The monoisotopic (exact) mass is 603 g/mol. The molecule has 0 bridgehead atoms. The van der Waals surface area contributed by atoms with Gasteiger partial charge in [0.15, 0.2) is 0 Å². The van der Waals surface area contributed by atoms with Crippen LogP contribution in [0.1, 0.15) is 42.5 Å². The van der Waals surface area contributed by atoms with E-state index in [0.29, 0.717) is 27.8 Å². The number of benzene rings is 3. The lowest BCUT2D eigenvalue weighted by atomic mass is 10.1. The SMILES string of the molecule is CCCNC(=O)[C@H](C)N(Cc1c(Cl)cccc1Cl)C(=O)CN(c1cc(C)cc(C)c1)S(=O)(=O)c1ccc(C)cc1. The number of halogens is 2. The second-order valence-electron chi connectivity index (χ2n) is 9.86. The Morgan fingerprint density at radius 3 is 2.02 bits per heavy atom. The summed E-state index contributed by atoms with van der Waals surface area (Å²) >= 11 is 12.8. The molecule has 10 heteroatoms. The zero-order chi connectivity index (χ0) is 29.6. The number of aryl methyl sites for hydroxylation is 3. The number of nitrogens with one attached hydrogen (secondary N) is 1. The van der Waals surface area contributed by atoms with Gasteiger partial charge in [0.1, 0.15) is 12.6 Å². The van der Waals surface area contributed by atoms with Gasteiger partial charge in [0.2, 0.25) is 11.8 Å². The molecule has 3 rings (SSSR count). The molecule has 1 N–H and O–H groups in total. The van der Waals surface area contributed by atoms with Crippen molar-refractivity contribution in [2.24, 2.45) is 0 Å². The van der Waals surface area contributed by atoms with E-state index < -0.39 is 28.5 Å². The molecule has 214 valence electrons. The van der Waals surface area contributed by atoms with Crippen LogP contribution in [-0.4, -0.2) is 44.3 Å². The highest BCUT2D eigenvalue weighted by Gasteiger charge is 2.33. The summed E-state index contributed by atoms with van der Waals surface area (Å²) in [6, 6.07) is 15.9. The summed E-state index contributed by atoms with van der Waals surface area (Å²) in [4.78, 5) is 28.4. The molecule has 7 nitrogen and oxygen atoms in total. The third-order valence-corrected chi connectivity index (χ3v) is 8.99. The van der Waals surface area contributed by atoms with Gasteiger partial charge in [-0.05, 0) is 81.6 Å². The van der Waals surface area contributed by atoms with E-state index in [0.717, 1.165) is 27.4 Å². The maximum atomic E-state index is 14.0. The Morgan fingerprint density at radius 1 is 0.900 bits per heavy atom. The first kappa shape index (κ1) is 31.5. The largest absolute Gasteiger partial charge is 0.354 e. The van der Waals surface area contributed by atoms with Crippen LogP contribution in [0.25, 0.3) is 0 Å². The molecule has 0 radical (unpaired) electrons. The zero-order valence-electron chi connectivity index (χ0n) is 23.4. The molecular formula is C30H35Cl2N3O4S. The lowest BCUT2D eigenvalue weighted by Crippen LogP contribution is -2.51. The summed E-state index contributed by atoms with van der Waals surface area (Å²) in [6.45, 7) is 8.94. The first-order valence-corrected chi connectivity index (χ1v) is 15.2. The van der Waals surface area contributed by atoms with Gasteiger partial charge in [-0.1, -0.05) is 60.0 Å². The van der Waals surface area contributed by atoms with Crippen LogP contribution in [0.5, 0.6) is 0 Å². The molecule has 2 amide bonds. The average Bonchev–Trinajstić information content (AvgIpc) is 2.89. The Bertz CT molecular complexity index is 1440. The third-order valence-electron chi connectivity index (χ3n) is 6.49. The van der Waals surface area contributed by atoms with Crippen molar-refractivity contribution in [2.75, 3.05) is 17.4 Å². The number of rotatable bonds is 11. The smallest absolute Gasteiger partial charge is 0.264 e. The number of hydrogen-bond donors (Lipinski definition) is 1. The van der Waals surface area contributed by atoms with Crippen molar-refractivity contribution in [3.05, 3.63) is 93.0 Å². The fourth-order valence-corrected chi connectivity index (χ4v) is 6.21. The summed E-state index contributed by atoms with van der Waals surface area (Å²) in [6.07, 6.45) is 0.720. The van der Waals surface area contributed by atoms with Crippen LogP contribution in [-0.2, 0) is 26.2 Å². The third kappa shape index (κ3) is 7.56. The van der Waals surface area contributed by atoms with Crippen LogP contribution < -0.4 is 9.62 Å². The van der Waals surface area contributed by atoms with Crippen molar-refractivity contribution in [3.63, 3.8) is 0 Å². The number of carbonyl (C=O) groups excluding carboxylic acids is 2. The normalized spacial score (nSPS) is 12.1. The van der Waals surface area contributed by atoms with Gasteiger partial charge in [-0.3, -0.25) is 13.9 Å². The zero-order valence-corrected chi connectivity index (χ0v) is 25.7. The van der Waals surface area contributed by atoms with Crippen LogP contribution in [0.4, 0.5) is 5.69 Å². The lowest BCUT2D eigenvalue weighted by Gasteiger charge is -2.32. The van der Waals surface area contributed by atoms with Gasteiger partial charge in [-0.15, -0.1) is 0 Å². The highest BCUT2D eigenvalue weighted by atomic mass is 35.5. The predicted octanol–water partition coefficient (Wildman–Crippen LogP) is 6.06. The molecular weight excluding hydrogens is 569 g/mol. The van der Waals surface area contributed by atoms with E-state index in [-0.39, 0.29) is 17.3 Å². The van der Waals surface area contributed by atoms with E-state index in [2.05, 4.69) is 5.32 Å². The first-order chi connectivity index (χ1) is 18.8. The van der Waals surface area contributed by atoms with E-state index in [4.69, 9.17) is 23.2 Å². The number of nitrogens with zero attached hydrogens (tertiary/aromatic N) is 2. The molecule has 3 aromatic carbocycles. The number of anilines is 1. The molecule has 0 aliphatic heterocycles. The minimum absolute atomic E-state index is 0.0551. The van der Waals surface area contributed by atoms with Crippen LogP contribution in [0.2, 0.25) is 10.0 Å². The van der Waals surface area contributed by atoms with Crippen molar-refractivity contribution < 1.29 is 18.0 Å². The van der Waals surface area contributed by atoms with Gasteiger partial charge < -0.3 is 10.2 Å². The van der Waals surface area contributed by atoms with Crippen molar-refractivity contribution >= 4 is 50.7 Å². The van der Waals surface area contributed by atoms with E-state index in [1.54, 1.807) is 49.4 Å². The number of carbonyl (C=O) groups is 2. The molecule has 0 saturated carbocycles. The van der Waals surface area contributed by atoms with Gasteiger partial charge in [0.25, 0.3) is 10.0 Å². The maximum absolute atomic E-state index is 14.0. The number of amides is 2. The van der Waals surface area contributed by atoms with Gasteiger partial charge in [0.05, 0.1) is 10.6 Å². The molecule has 40 heavy (non-hydrogen) atoms. The van der Waals surface area contributed by atoms with Crippen molar-refractivity contribution in [1.82, 2.24) is 10.2 Å². The second kappa shape index (κ2) is 13.5. The van der Waals surface area contributed by atoms with Crippen molar-refractivity contribution in [1.29, 1.82) is 0 Å². The van der Waals surface area contributed by atoms with Crippen LogP contribution in [0.15, 0.2) is 65.6 Å². The standard InChI is InChI=1S/C30H35Cl2N3O4S/c1-6-14-33-30(37)23(5)34(18-26-27(31)8-7-9-28(26)32)29(36)19-35(24-16-21(3)15-22(4)17-24)40(38,39)25-12-10-20(2)11-13-25/h7-13,15-17,23H,6,14,18-19H2,1-5H3,(H,33,37)/t23-/m0/s1. The fraction of sp³-hybridized carbons (Fsp3) is 0.333. The van der Waals surface area contributed by atoms with Crippen molar-refractivity contribution in [3.8, 4) is 0 Å². The molecule has 1 atom stereocenters. The fourth-order valence-electron chi connectivity index (χ4n) is 4.29. The average molecular weight is 605 g/mol. The summed E-state index contributed by atoms with van der Waals surface area (Å²) in [7, 11) is -4.15. The molecule has 0 unspecified atom stereocenters.